The topological polar surface area (TPSA) is 69.2 Å². The van der Waals surface area contributed by atoms with Gasteiger partial charge >= 0.3 is 5.66 Å². The quantitative estimate of drug-likeness (QED) is 0.535. The predicted molar refractivity (Wildman–Crippen MR) is 124 cm³/mol. The molecule has 3 rings (SSSR count). The molecular weight excluding hydrogens is 412 g/mol. The summed E-state index contributed by atoms with van der Waals surface area (Å²) >= 11 is 6.29. The predicted octanol–water partition coefficient (Wildman–Crippen LogP) is 6.22. The van der Waals surface area contributed by atoms with Gasteiger partial charge < -0.3 is 10.1 Å². The van der Waals surface area contributed by atoms with E-state index >= 15 is 0 Å². The lowest BCUT2D eigenvalue weighted by Gasteiger charge is -2.36. The monoisotopic (exact) mass is 444 g/mol. The standard InChI is InChI=1S/C23H33ClN6O/c1-15-19(13-30(29-15)23(5,6)25-7)27-21-26-12-18(24)20(28-21)31-14-16-8-10-17(11-9-16)22(2,3)4/h12-13,16-17H,8-11,14H2,1-6H3,(H,26,27,28). The first-order chi connectivity index (χ1) is 14.5. The molecule has 1 aliphatic carbocycles. The van der Waals surface area contributed by atoms with E-state index in [4.69, 9.17) is 22.9 Å². The number of halogens is 1. The Kier molecular flexibility index (Phi) is 6.80. The minimum absolute atomic E-state index is 0.373. The molecule has 7 nitrogen and oxygen atoms in total. The van der Waals surface area contributed by atoms with Gasteiger partial charge in [0.1, 0.15) is 5.02 Å². The van der Waals surface area contributed by atoms with Crippen LogP contribution >= 0.6 is 11.6 Å². The molecule has 0 radical (unpaired) electrons. The molecule has 1 N–H and O–H groups in total. The maximum atomic E-state index is 7.36. The van der Waals surface area contributed by atoms with Crippen molar-refractivity contribution < 1.29 is 4.74 Å². The lowest BCUT2D eigenvalue weighted by Crippen LogP contribution is -2.28. The average molecular weight is 445 g/mol. The molecule has 0 unspecified atom stereocenters. The summed E-state index contributed by atoms with van der Waals surface area (Å²) in [6.07, 6.45) is 8.17. The summed E-state index contributed by atoms with van der Waals surface area (Å²) in [7, 11) is 0. The summed E-state index contributed by atoms with van der Waals surface area (Å²) in [5.41, 5.74) is 1.11. The fraction of sp³-hybridized carbons (Fsp3) is 0.652. The third-order valence-electron chi connectivity index (χ3n) is 6.22. The lowest BCUT2D eigenvalue weighted by atomic mass is 9.70. The molecule has 168 valence electrons. The summed E-state index contributed by atoms with van der Waals surface area (Å²) in [4.78, 5) is 12.4. The first kappa shape index (κ1) is 23.3. The van der Waals surface area contributed by atoms with Gasteiger partial charge in [0.05, 0.1) is 30.4 Å². The van der Waals surface area contributed by atoms with Gasteiger partial charge in [-0.3, -0.25) is 4.85 Å². The number of rotatable bonds is 6. The van der Waals surface area contributed by atoms with E-state index in [2.05, 4.69) is 46.0 Å². The highest BCUT2D eigenvalue weighted by Gasteiger charge is 2.30. The van der Waals surface area contributed by atoms with Gasteiger partial charge in [-0.15, -0.1) is 0 Å². The van der Waals surface area contributed by atoms with Gasteiger partial charge in [-0.05, 0) is 49.9 Å². The van der Waals surface area contributed by atoms with E-state index in [1.54, 1.807) is 17.1 Å². The minimum atomic E-state index is -0.758. The second-order valence-electron chi connectivity index (χ2n) is 10.0. The lowest BCUT2D eigenvalue weighted by molar-refractivity contribution is 0.120. The van der Waals surface area contributed by atoms with Crippen molar-refractivity contribution in [1.82, 2.24) is 19.7 Å². The molecule has 0 atom stereocenters. The van der Waals surface area contributed by atoms with Crippen LogP contribution in [0.5, 0.6) is 5.88 Å². The number of nitrogens with one attached hydrogen (secondary N) is 1. The molecule has 1 saturated carbocycles. The van der Waals surface area contributed by atoms with Crippen molar-refractivity contribution in [2.75, 3.05) is 11.9 Å². The van der Waals surface area contributed by atoms with Crippen LogP contribution in [0, 0.1) is 30.7 Å². The third-order valence-corrected chi connectivity index (χ3v) is 6.48. The van der Waals surface area contributed by atoms with Gasteiger partial charge in [-0.25, -0.2) is 11.6 Å². The number of anilines is 2. The molecule has 0 saturated heterocycles. The molecule has 8 heteroatoms. The van der Waals surface area contributed by atoms with Crippen LogP contribution in [0.25, 0.3) is 4.85 Å². The smallest absolute Gasteiger partial charge is 0.319 e. The van der Waals surface area contributed by atoms with Gasteiger partial charge in [-0.2, -0.15) is 14.8 Å². The molecule has 1 fully saturated rings. The summed E-state index contributed by atoms with van der Waals surface area (Å²) in [5.74, 6) is 2.08. The van der Waals surface area contributed by atoms with Crippen LogP contribution < -0.4 is 10.1 Å². The van der Waals surface area contributed by atoms with Gasteiger partial charge in [0.25, 0.3) is 0 Å². The zero-order valence-electron chi connectivity index (χ0n) is 19.4. The van der Waals surface area contributed by atoms with Crippen molar-refractivity contribution in [3.63, 3.8) is 0 Å². The highest BCUT2D eigenvalue weighted by atomic mass is 35.5. The first-order valence-corrected chi connectivity index (χ1v) is 11.2. The Morgan fingerprint density at radius 1 is 1.23 bits per heavy atom. The fourth-order valence-corrected chi connectivity index (χ4v) is 4.09. The van der Waals surface area contributed by atoms with Crippen LogP contribution in [0.4, 0.5) is 11.6 Å². The van der Waals surface area contributed by atoms with Crippen LogP contribution in [0.1, 0.15) is 66.0 Å². The van der Waals surface area contributed by atoms with Gasteiger partial charge in [0, 0.05) is 13.8 Å². The Labute approximate surface area is 190 Å². The van der Waals surface area contributed by atoms with Crippen molar-refractivity contribution in [2.45, 2.75) is 72.9 Å². The molecular formula is C23H33ClN6O. The van der Waals surface area contributed by atoms with Crippen LogP contribution in [0.15, 0.2) is 12.4 Å². The second-order valence-corrected chi connectivity index (χ2v) is 10.5. The Bertz CT molecular complexity index is 948. The first-order valence-electron chi connectivity index (χ1n) is 10.9. The van der Waals surface area contributed by atoms with E-state index < -0.39 is 5.66 Å². The number of nitrogens with zero attached hydrogens (tertiary/aromatic N) is 5. The largest absolute Gasteiger partial charge is 0.476 e. The maximum absolute atomic E-state index is 7.36. The molecule has 2 aromatic heterocycles. The van der Waals surface area contributed by atoms with E-state index in [9.17, 15) is 0 Å². The van der Waals surface area contributed by atoms with Crippen LogP contribution in [0.2, 0.25) is 5.02 Å². The summed E-state index contributed by atoms with van der Waals surface area (Å²) in [6, 6.07) is 0. The van der Waals surface area contributed by atoms with E-state index in [0.717, 1.165) is 17.3 Å². The molecule has 0 amide bonds. The molecule has 2 heterocycles. The fourth-order valence-electron chi connectivity index (χ4n) is 3.94. The zero-order chi connectivity index (χ0) is 22.8. The Balaban J connectivity index is 1.63. The molecule has 0 aromatic carbocycles. The molecule has 31 heavy (non-hydrogen) atoms. The van der Waals surface area contributed by atoms with Gasteiger partial charge in [0.15, 0.2) is 0 Å². The number of aryl methyl sites for hydroxylation is 1. The Hall–Kier alpha value is -2.33. The molecule has 0 aliphatic heterocycles. The summed E-state index contributed by atoms with van der Waals surface area (Å²) in [6.45, 7) is 20.5. The van der Waals surface area contributed by atoms with Crippen molar-refractivity contribution in [1.29, 1.82) is 0 Å². The second kappa shape index (κ2) is 9.04. The molecule has 1 aliphatic rings. The van der Waals surface area contributed by atoms with Gasteiger partial charge in [0.2, 0.25) is 11.8 Å². The van der Waals surface area contributed by atoms with Crippen LogP contribution in [-0.2, 0) is 5.66 Å². The Morgan fingerprint density at radius 2 is 1.90 bits per heavy atom. The molecule has 0 bridgehead atoms. The number of ether oxygens (including phenoxy) is 1. The van der Waals surface area contributed by atoms with Crippen molar-refractivity contribution in [3.8, 4) is 5.88 Å². The van der Waals surface area contributed by atoms with Crippen molar-refractivity contribution in [3.05, 3.63) is 34.5 Å². The van der Waals surface area contributed by atoms with Crippen molar-refractivity contribution in [2.24, 2.45) is 17.3 Å². The van der Waals surface area contributed by atoms with Crippen molar-refractivity contribution >= 4 is 23.2 Å². The summed E-state index contributed by atoms with van der Waals surface area (Å²) < 4.78 is 7.64. The average Bonchev–Trinajstić information content (AvgIpc) is 3.09. The molecule has 2 aromatic rings. The third kappa shape index (κ3) is 5.68. The van der Waals surface area contributed by atoms with Crippen LogP contribution in [0.3, 0.4) is 0 Å². The van der Waals surface area contributed by atoms with Gasteiger partial charge in [-0.1, -0.05) is 32.4 Å². The van der Waals surface area contributed by atoms with Crippen LogP contribution in [-0.4, -0.2) is 26.4 Å². The zero-order valence-corrected chi connectivity index (χ0v) is 20.1. The van der Waals surface area contributed by atoms with E-state index in [0.29, 0.717) is 34.8 Å². The number of aromatic nitrogens is 4. The SMILES string of the molecule is [C-]#[N+]C(C)(C)n1cc(Nc2ncc(Cl)c(OCC3CCC(C(C)(C)C)CC3)n2)c(C)n1. The highest BCUT2D eigenvalue weighted by molar-refractivity contribution is 6.31. The van der Waals surface area contributed by atoms with E-state index in [1.165, 1.54) is 25.7 Å². The van der Waals surface area contributed by atoms with E-state index in [-0.39, 0.29) is 0 Å². The maximum Gasteiger partial charge on any atom is 0.319 e. The highest BCUT2D eigenvalue weighted by Crippen LogP contribution is 2.40. The normalized spacial score (nSPS) is 19.7. The Morgan fingerprint density at radius 3 is 2.52 bits per heavy atom. The molecule has 0 spiro atoms. The number of hydrogen-bond acceptors (Lipinski definition) is 5. The number of hydrogen-bond donors (Lipinski definition) is 1. The minimum Gasteiger partial charge on any atom is -0.476 e. The summed E-state index contributed by atoms with van der Waals surface area (Å²) in [5, 5.41) is 8.01. The van der Waals surface area contributed by atoms with E-state index in [1.807, 2.05) is 20.8 Å².